The maximum atomic E-state index is 5.15. The van der Waals surface area contributed by atoms with E-state index < -0.39 is 7.74 Å². The van der Waals surface area contributed by atoms with Crippen molar-refractivity contribution in [2.45, 2.75) is 113 Å². The molecule has 0 aromatic heterocycles. The first-order valence-corrected chi connectivity index (χ1v) is 20.0. The van der Waals surface area contributed by atoms with E-state index in [1.54, 1.807) is 0 Å². The molecule has 0 bridgehead atoms. The average Bonchev–Trinajstić information content (AvgIpc) is 2.76. The smallest absolute Gasteiger partial charge is 0.0653 e. The third-order valence-corrected chi connectivity index (χ3v) is 7.18. The van der Waals surface area contributed by atoms with Gasteiger partial charge in [-0.3, -0.25) is 0 Å². The third kappa shape index (κ3) is 10.9. The molecule has 2 aromatic rings. The van der Waals surface area contributed by atoms with Gasteiger partial charge in [0.15, 0.2) is 0 Å². The fourth-order valence-electron chi connectivity index (χ4n) is 4.16. The third-order valence-electron chi connectivity index (χ3n) is 5.97. The second-order valence-corrected chi connectivity index (χ2v) is 23.3. The van der Waals surface area contributed by atoms with E-state index in [1.807, 2.05) is 0 Å². The van der Waals surface area contributed by atoms with E-state index in [2.05, 4.69) is 161 Å². The molecular weight excluding hydrogens is 544 g/mol. The summed E-state index contributed by atoms with van der Waals surface area (Å²) in [6.45, 7) is 29.3. The molecule has 0 N–H and O–H groups in total. The van der Waals surface area contributed by atoms with Gasteiger partial charge in [0.1, 0.15) is 0 Å². The first kappa shape index (κ1) is 33.9. The van der Waals surface area contributed by atoms with Crippen LogP contribution in [-0.4, -0.2) is 30.2 Å². The Kier molecular flexibility index (Phi) is 13.6. The molecule has 0 aliphatic heterocycles. The molecule has 1 unspecified atom stereocenters. The molecule has 0 spiro atoms. The van der Waals surface area contributed by atoms with Crippen LogP contribution >= 0.6 is 8.79 Å². The zero-order valence-corrected chi connectivity index (χ0v) is 30.1. The summed E-state index contributed by atoms with van der Waals surface area (Å²) in [5.74, 6) is 1.83. The predicted molar refractivity (Wildman–Crippen MR) is 177 cm³/mol. The Morgan fingerprint density at radius 1 is 0.757 bits per heavy atom. The molecule has 0 aliphatic rings. The predicted octanol–water partition coefficient (Wildman–Crippen LogP) is 10.5. The minimum atomic E-state index is -0.694. The van der Waals surface area contributed by atoms with Crippen molar-refractivity contribution in [3.8, 4) is 0 Å². The van der Waals surface area contributed by atoms with Gasteiger partial charge in [-0.25, -0.2) is 0 Å². The maximum Gasteiger partial charge on any atom is 0.0653 e. The van der Waals surface area contributed by atoms with Gasteiger partial charge >= 0.3 is 206 Å². The number of para-hydroxylation sites is 2. The van der Waals surface area contributed by atoms with E-state index in [4.69, 9.17) is 4.99 Å². The van der Waals surface area contributed by atoms with Crippen molar-refractivity contribution < 1.29 is 0 Å². The molecule has 2 rings (SSSR count). The molecule has 3 radical (unpaired) electrons. The van der Waals surface area contributed by atoms with Crippen molar-refractivity contribution >= 4 is 50.4 Å². The Morgan fingerprint density at radius 3 is 1.41 bits per heavy atom. The summed E-state index contributed by atoms with van der Waals surface area (Å²) in [7, 11) is 2.16. The Balaban J connectivity index is 0.00000124. The number of anilines is 1. The first-order chi connectivity index (χ1) is 17.0. The number of allylic oxidation sites excluding steroid dienone is 2. The Morgan fingerprint density at radius 2 is 1.08 bits per heavy atom. The largest absolute Gasteiger partial charge is 0.149 e. The van der Waals surface area contributed by atoms with Gasteiger partial charge < -0.3 is 0 Å². The van der Waals surface area contributed by atoms with Crippen LogP contribution < -0.4 is 3.86 Å². The summed E-state index contributed by atoms with van der Waals surface area (Å²) < 4.78 is 2.35. The molecule has 37 heavy (non-hydrogen) atoms. The van der Waals surface area contributed by atoms with Crippen molar-refractivity contribution in [3.05, 3.63) is 70.4 Å². The van der Waals surface area contributed by atoms with Crippen LogP contribution in [0.3, 0.4) is 0 Å². The van der Waals surface area contributed by atoms with Gasteiger partial charge in [0.2, 0.25) is 0 Å². The Hall–Kier alpha value is -1.16. The zero-order valence-electron chi connectivity index (χ0n) is 25.8. The van der Waals surface area contributed by atoms with E-state index in [9.17, 15) is 0 Å². The molecule has 0 saturated heterocycles. The van der Waals surface area contributed by atoms with Gasteiger partial charge in [0.25, 0.3) is 0 Å². The summed E-state index contributed by atoms with van der Waals surface area (Å²) in [6.07, 6.45) is 2.22. The number of benzene rings is 2. The number of nitrogens with zero attached hydrogens (tertiary/aromatic N) is 2. The van der Waals surface area contributed by atoms with Gasteiger partial charge in [-0.1, -0.05) is 19.6 Å². The SMILES string of the molecule is CC(/C=C(/C)[N]([Ge])c1c(C(C)C)cccc1C(C)C)=Nc1c(C(C)C)cccc1C(C)C.C[Si](C)(C)P. The minimum Gasteiger partial charge on any atom is -0.149 e. The van der Waals surface area contributed by atoms with Crippen LogP contribution in [0, 0.1) is 0 Å². The van der Waals surface area contributed by atoms with E-state index in [0.29, 0.717) is 23.7 Å². The number of hydrogen-bond donors (Lipinski definition) is 0. The number of rotatable bonds is 8. The van der Waals surface area contributed by atoms with Gasteiger partial charge in [-0.05, 0) is 0 Å². The normalized spacial score (nSPS) is 12.9. The van der Waals surface area contributed by atoms with Crippen LogP contribution in [0.1, 0.15) is 115 Å². The van der Waals surface area contributed by atoms with E-state index in [-0.39, 0.29) is 0 Å². The van der Waals surface area contributed by atoms with Crippen molar-refractivity contribution in [2.24, 2.45) is 4.99 Å². The van der Waals surface area contributed by atoms with Crippen molar-refractivity contribution in [1.29, 1.82) is 0 Å². The van der Waals surface area contributed by atoms with Crippen molar-refractivity contribution in [1.82, 2.24) is 0 Å². The molecule has 2 nitrogen and oxygen atoms in total. The molecule has 0 heterocycles. The van der Waals surface area contributed by atoms with Crippen molar-refractivity contribution in [2.75, 3.05) is 3.86 Å². The summed E-state index contributed by atoms with van der Waals surface area (Å²) in [5, 5.41) is 0. The number of hydrogen-bond acceptors (Lipinski definition) is 2. The van der Waals surface area contributed by atoms with E-state index >= 15 is 0 Å². The molecule has 0 amide bonds. The Bertz CT molecular complexity index is 1020. The van der Waals surface area contributed by atoms with Crippen molar-refractivity contribution in [3.63, 3.8) is 0 Å². The second-order valence-electron chi connectivity index (χ2n) is 12.4. The first-order valence-electron chi connectivity index (χ1n) is 13.7. The van der Waals surface area contributed by atoms with Gasteiger partial charge in [-0.15, -0.1) is 8.79 Å². The van der Waals surface area contributed by atoms with E-state index in [0.717, 1.165) is 11.4 Å². The fourth-order valence-corrected chi connectivity index (χ4v) is 4.84. The summed E-state index contributed by atoms with van der Waals surface area (Å²) in [6, 6.07) is 13.3. The number of aliphatic imine (C=N–C) groups is 1. The van der Waals surface area contributed by atoms with E-state index in [1.165, 1.54) is 33.6 Å². The molecule has 2 aromatic carbocycles. The monoisotopic (exact) mass is 597 g/mol. The molecular formula is C32H52GeN2PSi. The summed E-state index contributed by atoms with van der Waals surface area (Å²) >= 11 is 2.19. The quantitative estimate of drug-likeness (QED) is 0.168. The Labute approximate surface area is 241 Å². The van der Waals surface area contributed by atoms with Crippen LogP contribution in [0.25, 0.3) is 0 Å². The molecule has 0 saturated carbocycles. The molecule has 203 valence electrons. The van der Waals surface area contributed by atoms with Crippen LogP contribution in [0.2, 0.25) is 19.6 Å². The fraction of sp³-hybridized carbons (Fsp3) is 0.531. The zero-order chi connectivity index (χ0) is 28.7. The molecule has 0 aliphatic carbocycles. The average molecular weight is 596 g/mol. The topological polar surface area (TPSA) is 15.6 Å². The van der Waals surface area contributed by atoms with Gasteiger partial charge in [0, 0.05) is 0 Å². The van der Waals surface area contributed by atoms with Crippen LogP contribution in [0.5, 0.6) is 0 Å². The maximum absolute atomic E-state index is 5.15. The summed E-state index contributed by atoms with van der Waals surface area (Å²) in [4.78, 5) is 5.15. The molecule has 5 heteroatoms. The minimum absolute atomic E-state index is 0.444. The summed E-state index contributed by atoms with van der Waals surface area (Å²) in [5.41, 5.74) is 10.2. The van der Waals surface area contributed by atoms with Crippen LogP contribution in [-0.2, 0) is 0 Å². The second kappa shape index (κ2) is 14.8. The standard InChI is InChI=1S/C29H41GeN2.C3H11PSi/c1-18(2)24-13-11-14-25(19(3)4)28(24)31-22(9)17-23(10)32(30)29-26(20(5)6)15-12-16-27(29)21(7)8;1-5(2,3)4/h11-21H,1-10H3;4H2,1-3H3/b23-17-,31-22?;. The molecule has 0 fully saturated rings. The van der Waals surface area contributed by atoms with Crippen LogP contribution in [0.4, 0.5) is 11.4 Å². The molecule has 1 atom stereocenters. The van der Waals surface area contributed by atoms with Crippen LogP contribution in [0.15, 0.2) is 53.2 Å². The van der Waals surface area contributed by atoms with Gasteiger partial charge in [0.05, 0.1) is 7.74 Å². The van der Waals surface area contributed by atoms with Gasteiger partial charge in [-0.2, -0.15) is 0 Å².